The molecular formula is C13H17FN2O3S2. The van der Waals surface area contributed by atoms with Crippen LogP contribution in [0.15, 0.2) is 24.3 Å². The van der Waals surface area contributed by atoms with Gasteiger partial charge in [0.15, 0.2) is 0 Å². The van der Waals surface area contributed by atoms with E-state index in [1.54, 1.807) is 17.8 Å². The van der Waals surface area contributed by atoms with Crippen molar-refractivity contribution >= 4 is 27.7 Å². The minimum Gasteiger partial charge on any atom is -0.351 e. The van der Waals surface area contributed by atoms with Crippen molar-refractivity contribution in [2.24, 2.45) is 0 Å². The first kappa shape index (κ1) is 16.3. The van der Waals surface area contributed by atoms with Gasteiger partial charge in [-0.1, -0.05) is 12.1 Å². The summed E-state index contributed by atoms with van der Waals surface area (Å²) in [4.78, 5) is 11.8. The van der Waals surface area contributed by atoms with Crippen molar-refractivity contribution < 1.29 is 17.6 Å². The summed E-state index contributed by atoms with van der Waals surface area (Å²) in [6.07, 6.45) is 0. The van der Waals surface area contributed by atoms with Crippen molar-refractivity contribution in [2.75, 3.05) is 36.9 Å². The average molecular weight is 332 g/mol. The lowest BCUT2D eigenvalue weighted by atomic mass is 10.2. The first-order chi connectivity index (χ1) is 10.0. The number of benzene rings is 1. The molecule has 1 fully saturated rings. The van der Waals surface area contributed by atoms with Gasteiger partial charge in [0, 0.05) is 31.1 Å². The number of halogens is 1. The smallest absolute Gasteiger partial charge is 0.254 e. The Morgan fingerprint density at radius 1 is 1.29 bits per heavy atom. The van der Waals surface area contributed by atoms with Crippen LogP contribution in [-0.4, -0.2) is 55.5 Å². The maximum Gasteiger partial charge on any atom is 0.254 e. The Labute approximate surface area is 128 Å². The Hall–Kier alpha value is -1.12. The normalized spacial score (nSPS) is 16.6. The highest BCUT2D eigenvalue weighted by Crippen LogP contribution is 2.13. The highest BCUT2D eigenvalue weighted by Gasteiger charge is 2.24. The summed E-state index contributed by atoms with van der Waals surface area (Å²) in [7, 11) is -3.36. The van der Waals surface area contributed by atoms with Crippen molar-refractivity contribution in [2.45, 2.75) is 0 Å². The first-order valence-electron chi connectivity index (χ1n) is 6.59. The first-order valence-corrected chi connectivity index (χ1v) is 9.35. The second-order valence-electron chi connectivity index (χ2n) is 4.56. The van der Waals surface area contributed by atoms with Gasteiger partial charge in [0.25, 0.3) is 5.91 Å². The Morgan fingerprint density at radius 2 is 1.95 bits per heavy atom. The summed E-state index contributed by atoms with van der Waals surface area (Å²) in [5.74, 6) is 0.197. The van der Waals surface area contributed by atoms with Crippen LogP contribution in [0.2, 0.25) is 0 Å². The SMILES string of the molecule is O=C(NCCS(=O)(=O)N1CCSCC1)c1ccccc1F. The minimum atomic E-state index is -3.36. The molecule has 8 heteroatoms. The molecule has 0 bridgehead atoms. The molecule has 0 aliphatic carbocycles. The molecule has 1 aromatic rings. The molecule has 1 N–H and O–H groups in total. The Balaban J connectivity index is 1.86. The van der Waals surface area contributed by atoms with Gasteiger partial charge in [-0.3, -0.25) is 4.79 Å². The predicted octanol–water partition coefficient (Wildman–Crippen LogP) is 0.934. The van der Waals surface area contributed by atoms with E-state index in [4.69, 9.17) is 0 Å². The number of sulfonamides is 1. The molecule has 116 valence electrons. The monoisotopic (exact) mass is 332 g/mol. The van der Waals surface area contributed by atoms with E-state index in [9.17, 15) is 17.6 Å². The third-order valence-corrected chi connectivity index (χ3v) is 5.94. The molecule has 1 aromatic carbocycles. The number of carbonyl (C=O) groups is 1. The van der Waals surface area contributed by atoms with Crippen molar-refractivity contribution in [1.29, 1.82) is 0 Å². The lowest BCUT2D eigenvalue weighted by Gasteiger charge is -2.25. The van der Waals surface area contributed by atoms with E-state index in [0.29, 0.717) is 13.1 Å². The fourth-order valence-electron chi connectivity index (χ4n) is 1.99. The number of nitrogens with one attached hydrogen (secondary N) is 1. The molecule has 21 heavy (non-hydrogen) atoms. The van der Waals surface area contributed by atoms with Crippen LogP contribution < -0.4 is 5.32 Å². The lowest BCUT2D eigenvalue weighted by Crippen LogP contribution is -2.41. The maximum absolute atomic E-state index is 13.4. The standard InChI is InChI=1S/C13H17FN2O3S2/c14-12-4-2-1-3-11(12)13(17)15-5-10-21(18,19)16-6-8-20-9-7-16/h1-4H,5-10H2,(H,15,17). The molecule has 0 radical (unpaired) electrons. The highest BCUT2D eigenvalue weighted by atomic mass is 32.2. The largest absolute Gasteiger partial charge is 0.351 e. The second-order valence-corrected chi connectivity index (χ2v) is 7.88. The van der Waals surface area contributed by atoms with Crippen molar-refractivity contribution in [3.05, 3.63) is 35.6 Å². The fraction of sp³-hybridized carbons (Fsp3) is 0.462. The van der Waals surface area contributed by atoms with E-state index in [0.717, 1.165) is 11.5 Å². The number of thioether (sulfide) groups is 1. The number of hydrogen-bond acceptors (Lipinski definition) is 4. The molecule has 1 saturated heterocycles. The van der Waals surface area contributed by atoms with Crippen LogP contribution >= 0.6 is 11.8 Å². The van der Waals surface area contributed by atoms with Gasteiger partial charge in [0.1, 0.15) is 5.82 Å². The quantitative estimate of drug-likeness (QED) is 0.871. The van der Waals surface area contributed by atoms with Crippen LogP contribution in [0, 0.1) is 5.82 Å². The van der Waals surface area contributed by atoms with E-state index in [1.165, 1.54) is 22.5 Å². The summed E-state index contributed by atoms with van der Waals surface area (Å²) < 4.78 is 39.0. The van der Waals surface area contributed by atoms with Gasteiger partial charge in [-0.15, -0.1) is 0 Å². The molecule has 5 nitrogen and oxygen atoms in total. The third-order valence-electron chi connectivity index (χ3n) is 3.13. The van der Waals surface area contributed by atoms with Crippen molar-refractivity contribution in [1.82, 2.24) is 9.62 Å². The lowest BCUT2D eigenvalue weighted by molar-refractivity contribution is 0.0952. The molecule has 0 saturated carbocycles. The van der Waals surface area contributed by atoms with Gasteiger partial charge in [-0.2, -0.15) is 11.8 Å². The summed E-state index contributed by atoms with van der Waals surface area (Å²) in [6, 6.07) is 5.60. The van der Waals surface area contributed by atoms with Crippen molar-refractivity contribution in [3.8, 4) is 0 Å². The van der Waals surface area contributed by atoms with Crippen LogP contribution in [-0.2, 0) is 10.0 Å². The van der Waals surface area contributed by atoms with Gasteiger partial charge >= 0.3 is 0 Å². The van der Waals surface area contributed by atoms with Gasteiger partial charge < -0.3 is 5.32 Å². The predicted molar refractivity (Wildman–Crippen MR) is 81.4 cm³/mol. The average Bonchev–Trinajstić information content (AvgIpc) is 2.48. The Morgan fingerprint density at radius 3 is 2.62 bits per heavy atom. The second kappa shape index (κ2) is 7.24. The van der Waals surface area contributed by atoms with Gasteiger partial charge in [0.05, 0.1) is 11.3 Å². The Kier molecular flexibility index (Phi) is 5.60. The molecular weight excluding hydrogens is 315 g/mol. The summed E-state index contributed by atoms with van der Waals surface area (Å²) in [5, 5.41) is 2.45. The van der Waals surface area contributed by atoms with Crippen LogP contribution in [0.5, 0.6) is 0 Å². The number of carbonyl (C=O) groups excluding carboxylic acids is 1. The van der Waals surface area contributed by atoms with Crippen LogP contribution in [0.3, 0.4) is 0 Å². The molecule has 1 aliphatic heterocycles. The van der Waals surface area contributed by atoms with Crippen molar-refractivity contribution in [3.63, 3.8) is 0 Å². The zero-order chi connectivity index (χ0) is 15.3. The third kappa shape index (κ3) is 4.42. The van der Waals surface area contributed by atoms with Crippen LogP contribution in [0.25, 0.3) is 0 Å². The summed E-state index contributed by atoms with van der Waals surface area (Å²) in [6.45, 7) is 0.988. The van der Waals surface area contributed by atoms with E-state index in [2.05, 4.69) is 5.32 Å². The summed E-state index contributed by atoms with van der Waals surface area (Å²) in [5.41, 5.74) is -0.0794. The van der Waals surface area contributed by atoms with Crippen LogP contribution in [0.4, 0.5) is 4.39 Å². The molecule has 0 unspecified atom stereocenters. The number of rotatable bonds is 5. The molecule has 0 atom stereocenters. The molecule has 2 rings (SSSR count). The van der Waals surface area contributed by atoms with E-state index in [-0.39, 0.29) is 17.9 Å². The molecule has 0 aromatic heterocycles. The number of nitrogens with zero attached hydrogens (tertiary/aromatic N) is 1. The topological polar surface area (TPSA) is 66.5 Å². The van der Waals surface area contributed by atoms with Gasteiger partial charge in [-0.05, 0) is 12.1 Å². The van der Waals surface area contributed by atoms with E-state index < -0.39 is 21.7 Å². The zero-order valence-corrected chi connectivity index (χ0v) is 13.1. The molecule has 1 heterocycles. The number of hydrogen-bond donors (Lipinski definition) is 1. The Bertz CT molecular complexity index is 601. The van der Waals surface area contributed by atoms with Gasteiger partial charge in [-0.25, -0.2) is 17.1 Å². The van der Waals surface area contributed by atoms with E-state index in [1.807, 2.05) is 0 Å². The fourth-order valence-corrected chi connectivity index (χ4v) is 4.48. The van der Waals surface area contributed by atoms with Gasteiger partial charge in [0.2, 0.25) is 10.0 Å². The number of amides is 1. The maximum atomic E-state index is 13.4. The summed E-state index contributed by atoms with van der Waals surface area (Å²) >= 11 is 1.72. The zero-order valence-electron chi connectivity index (χ0n) is 11.4. The molecule has 0 spiro atoms. The van der Waals surface area contributed by atoms with E-state index >= 15 is 0 Å². The highest BCUT2D eigenvalue weighted by molar-refractivity contribution is 7.99. The van der Waals surface area contributed by atoms with Crippen LogP contribution in [0.1, 0.15) is 10.4 Å². The molecule has 1 amide bonds. The minimum absolute atomic E-state index is 0.0286. The molecule has 1 aliphatic rings.